The minimum Gasteiger partial charge on any atom is -0.493 e. The zero-order chi connectivity index (χ0) is 29.1. The Kier molecular flexibility index (Phi) is 8.95. The summed E-state index contributed by atoms with van der Waals surface area (Å²) in [6.45, 7) is 5.35. The number of thiophene rings is 3. The lowest BCUT2D eigenvalue weighted by Gasteiger charge is -2.07. The van der Waals surface area contributed by atoms with Gasteiger partial charge in [-0.15, -0.1) is 34.0 Å². The number of unbranched alkanes of at least 4 members (excludes halogenated alkanes) is 2. The molecule has 42 heavy (non-hydrogen) atoms. The molecule has 0 amide bonds. The van der Waals surface area contributed by atoms with Crippen LogP contribution in [-0.4, -0.2) is 13.2 Å². The fourth-order valence-corrected chi connectivity index (χ4v) is 8.61. The van der Waals surface area contributed by atoms with Crippen molar-refractivity contribution in [2.24, 2.45) is 8.73 Å². The van der Waals surface area contributed by atoms with Gasteiger partial charge < -0.3 is 9.47 Å². The summed E-state index contributed by atoms with van der Waals surface area (Å²) in [6, 6.07) is 18.0. The monoisotopic (exact) mass is 638 g/mol. The molecule has 3 aromatic heterocycles. The maximum atomic E-state index is 15.0. The van der Waals surface area contributed by atoms with Crippen LogP contribution in [0.4, 0.5) is 20.2 Å². The molecule has 216 valence electrons. The summed E-state index contributed by atoms with van der Waals surface area (Å²) >= 11 is 5.85. The summed E-state index contributed by atoms with van der Waals surface area (Å²) in [4.78, 5) is 5.68. The van der Waals surface area contributed by atoms with Crippen molar-refractivity contribution in [3.05, 3.63) is 72.3 Å². The van der Waals surface area contributed by atoms with Gasteiger partial charge in [0.15, 0.2) is 0 Å². The van der Waals surface area contributed by atoms with Gasteiger partial charge in [-0.25, -0.2) is 8.78 Å². The van der Waals surface area contributed by atoms with Gasteiger partial charge >= 0.3 is 0 Å². The first-order chi connectivity index (χ1) is 20.6. The lowest BCUT2D eigenvalue weighted by atomic mass is 10.1. The van der Waals surface area contributed by atoms with Crippen LogP contribution in [0.15, 0.2) is 69.4 Å². The summed E-state index contributed by atoms with van der Waals surface area (Å²) in [5.74, 6) is 0.490. The van der Waals surface area contributed by atoms with Crippen molar-refractivity contribution in [3.63, 3.8) is 0 Å². The molecule has 5 aromatic rings. The Morgan fingerprint density at radius 2 is 1.05 bits per heavy atom. The molecule has 1 aliphatic rings. The van der Waals surface area contributed by atoms with Crippen molar-refractivity contribution in [3.8, 4) is 51.9 Å². The van der Waals surface area contributed by atoms with Crippen LogP contribution in [0.25, 0.3) is 40.4 Å². The first-order valence-electron chi connectivity index (χ1n) is 13.9. The fourth-order valence-electron chi connectivity index (χ4n) is 4.47. The normalized spacial score (nSPS) is 12.0. The summed E-state index contributed by atoms with van der Waals surface area (Å²) in [5.41, 5.74) is 2.77. The maximum absolute atomic E-state index is 15.0. The predicted octanol–water partition coefficient (Wildman–Crippen LogP) is 11.9. The molecule has 6 rings (SSSR count). The van der Waals surface area contributed by atoms with Gasteiger partial charge in [-0.05, 0) is 61.4 Å². The molecule has 0 N–H and O–H groups in total. The molecule has 2 aromatic carbocycles. The fraction of sp³-hybridized carbons (Fsp3) is 0.250. The van der Waals surface area contributed by atoms with Crippen LogP contribution in [0.3, 0.4) is 0 Å². The molecular formula is C32H28F2N2O2S4. The Labute approximate surface area is 259 Å². The number of ether oxygens (including phenoxy) is 2. The summed E-state index contributed by atoms with van der Waals surface area (Å²) < 4.78 is 50.6. The van der Waals surface area contributed by atoms with E-state index >= 15 is 8.78 Å². The zero-order valence-corrected chi connectivity index (χ0v) is 26.4. The van der Waals surface area contributed by atoms with Crippen molar-refractivity contribution in [1.82, 2.24) is 0 Å². The van der Waals surface area contributed by atoms with Crippen molar-refractivity contribution >= 4 is 56.7 Å². The quantitative estimate of drug-likeness (QED) is 0.125. The molecule has 0 saturated carbocycles. The van der Waals surface area contributed by atoms with Crippen molar-refractivity contribution in [2.75, 3.05) is 13.2 Å². The smallest absolute Gasteiger partial charge is 0.135 e. The Hall–Kier alpha value is -3.18. The van der Waals surface area contributed by atoms with E-state index < -0.39 is 0 Å². The van der Waals surface area contributed by atoms with Crippen LogP contribution in [0.2, 0.25) is 0 Å². The number of hydrogen-bond acceptors (Lipinski definition) is 7. The average Bonchev–Trinajstić information content (AvgIpc) is 3.79. The van der Waals surface area contributed by atoms with Crippen LogP contribution < -0.4 is 9.47 Å². The molecule has 0 atom stereocenters. The molecule has 0 saturated heterocycles. The van der Waals surface area contributed by atoms with Crippen LogP contribution in [0, 0.1) is 11.6 Å². The Bertz CT molecular complexity index is 1680. The topological polar surface area (TPSA) is 43.2 Å². The first-order valence-corrected chi connectivity index (χ1v) is 17.0. The van der Waals surface area contributed by atoms with E-state index in [1.165, 1.54) is 46.2 Å². The standard InChI is InChI=1S/C32H28F2N2O2S4/c1-3-5-15-37-19-7-9-21(23(33)17-19)25-11-13-27(39-25)31-29-30(36-42-35-29)32(41-31)28-14-12-26(40-28)22-10-8-20(18-24(22)34)38-16-6-4-2/h7-14,17-18H,3-6,15-16H2,1-2H3. The van der Waals surface area contributed by atoms with Gasteiger partial charge in [0.25, 0.3) is 0 Å². The third kappa shape index (κ3) is 5.99. The van der Waals surface area contributed by atoms with Gasteiger partial charge in [-0.1, -0.05) is 26.7 Å². The SMILES string of the molecule is CCCCOc1ccc(-c2ccc(-c3sc(-c4ccc(-c5ccc(OCCCC)cc5F)s4)c4c3N=S=N4)s2)c(F)c1. The third-order valence-electron chi connectivity index (χ3n) is 6.73. The van der Waals surface area contributed by atoms with Crippen molar-refractivity contribution < 1.29 is 18.3 Å². The number of fused-ring (bicyclic) bond motifs is 1. The maximum Gasteiger partial charge on any atom is 0.135 e. The third-order valence-corrected chi connectivity index (χ3v) is 11.0. The average molecular weight is 639 g/mol. The number of nitrogens with zero attached hydrogens (tertiary/aromatic N) is 2. The molecule has 0 unspecified atom stereocenters. The van der Waals surface area contributed by atoms with Crippen LogP contribution in [-0.2, 0) is 11.4 Å². The number of benzene rings is 2. The first kappa shape index (κ1) is 28.9. The lowest BCUT2D eigenvalue weighted by Crippen LogP contribution is -1.97. The minimum absolute atomic E-state index is 0.302. The van der Waals surface area contributed by atoms with E-state index in [1.807, 2.05) is 36.4 Å². The second-order valence-electron chi connectivity index (χ2n) is 9.74. The van der Waals surface area contributed by atoms with E-state index in [0.717, 1.165) is 66.3 Å². The van der Waals surface area contributed by atoms with Gasteiger partial charge in [0.1, 0.15) is 34.5 Å². The molecule has 0 fully saturated rings. The van der Waals surface area contributed by atoms with Gasteiger partial charge in [-0.2, -0.15) is 8.73 Å². The van der Waals surface area contributed by atoms with Crippen LogP contribution >= 0.6 is 34.0 Å². The van der Waals surface area contributed by atoms with Crippen LogP contribution in [0.1, 0.15) is 39.5 Å². The number of rotatable bonds is 12. The lowest BCUT2D eigenvalue weighted by molar-refractivity contribution is 0.308. The molecule has 1 aliphatic heterocycles. The number of halogens is 2. The molecule has 4 heterocycles. The highest BCUT2D eigenvalue weighted by Crippen LogP contribution is 2.56. The molecule has 0 bridgehead atoms. The molecule has 0 spiro atoms. The highest BCUT2D eigenvalue weighted by atomic mass is 32.1. The van der Waals surface area contributed by atoms with Gasteiger partial charge in [0.05, 0.1) is 34.3 Å². The molecular weight excluding hydrogens is 611 g/mol. The highest BCUT2D eigenvalue weighted by Gasteiger charge is 2.25. The molecule has 4 nitrogen and oxygen atoms in total. The van der Waals surface area contributed by atoms with Crippen molar-refractivity contribution in [2.45, 2.75) is 39.5 Å². The van der Waals surface area contributed by atoms with Crippen LogP contribution in [0.5, 0.6) is 11.5 Å². The van der Waals surface area contributed by atoms with E-state index in [9.17, 15) is 0 Å². The van der Waals surface area contributed by atoms with Gasteiger partial charge in [0.2, 0.25) is 0 Å². The van der Waals surface area contributed by atoms with E-state index in [4.69, 9.17) is 9.47 Å². The summed E-state index contributed by atoms with van der Waals surface area (Å²) in [6.07, 6.45) is 3.93. The molecule has 0 radical (unpaired) electrons. The van der Waals surface area contributed by atoms with Crippen molar-refractivity contribution in [1.29, 1.82) is 0 Å². The van der Waals surface area contributed by atoms with Gasteiger partial charge in [0, 0.05) is 42.8 Å². The summed E-state index contributed by atoms with van der Waals surface area (Å²) in [7, 11) is 0. The second kappa shape index (κ2) is 13.0. The zero-order valence-electron chi connectivity index (χ0n) is 23.1. The second-order valence-corrected chi connectivity index (χ2v) is 13.5. The molecule has 10 heteroatoms. The Morgan fingerprint density at radius 3 is 1.48 bits per heavy atom. The van der Waals surface area contributed by atoms with E-state index in [1.54, 1.807) is 23.5 Å². The largest absolute Gasteiger partial charge is 0.493 e. The van der Waals surface area contributed by atoms with Gasteiger partial charge in [-0.3, -0.25) is 0 Å². The number of hydrogen-bond donors (Lipinski definition) is 0. The van der Waals surface area contributed by atoms with E-state index in [-0.39, 0.29) is 11.6 Å². The van der Waals surface area contributed by atoms with E-state index in [0.29, 0.717) is 35.8 Å². The predicted molar refractivity (Wildman–Crippen MR) is 174 cm³/mol. The highest BCUT2D eigenvalue weighted by molar-refractivity contribution is 7.58. The minimum atomic E-state index is -0.302. The molecule has 0 aliphatic carbocycles. The van der Waals surface area contributed by atoms with E-state index in [2.05, 4.69) is 22.6 Å². The Morgan fingerprint density at radius 1 is 0.595 bits per heavy atom. The Balaban J connectivity index is 1.25. The summed E-state index contributed by atoms with van der Waals surface area (Å²) in [5, 5.41) is 0.